The molecule has 0 bridgehead atoms. The Hall–Kier alpha value is -2.83. The number of nitrogens with one attached hydrogen (secondary N) is 1. The molecule has 1 aliphatic heterocycles. The van der Waals surface area contributed by atoms with Gasteiger partial charge in [-0.3, -0.25) is 4.68 Å². The molecule has 132 valence electrons. The number of amides is 2. The molecular formula is C18H22N4O3. The number of aryl methyl sites for hydroxylation is 1. The van der Waals surface area contributed by atoms with Crippen molar-refractivity contribution in [1.29, 1.82) is 0 Å². The molecule has 1 N–H and O–H groups in total. The van der Waals surface area contributed by atoms with Gasteiger partial charge in [0.15, 0.2) is 5.69 Å². The predicted molar refractivity (Wildman–Crippen MR) is 92.0 cm³/mol. The second-order valence-corrected chi connectivity index (χ2v) is 5.93. The minimum atomic E-state index is -0.398. The van der Waals surface area contributed by atoms with Crippen LogP contribution in [-0.4, -0.2) is 39.8 Å². The number of esters is 1. The molecule has 0 aliphatic carbocycles. The number of carbonyl (C=O) groups excluding carboxylic acids is 2. The molecule has 1 aliphatic rings. The third-order valence-corrected chi connectivity index (χ3v) is 4.24. The summed E-state index contributed by atoms with van der Waals surface area (Å²) < 4.78 is 6.67. The summed E-state index contributed by atoms with van der Waals surface area (Å²) in [6, 6.07) is 9.61. The summed E-state index contributed by atoms with van der Waals surface area (Å²) in [5.74, 6) is -0.398. The minimum absolute atomic E-state index is 0.145. The van der Waals surface area contributed by atoms with Crippen LogP contribution in [0.4, 0.5) is 4.79 Å². The number of hydrogen-bond acceptors (Lipinski definition) is 4. The molecule has 2 heterocycles. The average Bonchev–Trinajstić information content (AvgIpc) is 2.95. The fourth-order valence-electron chi connectivity index (χ4n) is 3.01. The van der Waals surface area contributed by atoms with E-state index >= 15 is 0 Å². The van der Waals surface area contributed by atoms with E-state index in [2.05, 4.69) is 10.4 Å². The van der Waals surface area contributed by atoms with Crippen LogP contribution in [0.1, 0.15) is 34.2 Å². The zero-order chi connectivity index (χ0) is 17.8. The maximum absolute atomic E-state index is 12.5. The van der Waals surface area contributed by atoms with Crippen LogP contribution in [-0.2, 0) is 31.3 Å². The van der Waals surface area contributed by atoms with Crippen molar-refractivity contribution in [3.05, 3.63) is 52.8 Å². The number of carbonyl (C=O) groups is 2. The normalized spacial score (nSPS) is 13.3. The lowest BCUT2D eigenvalue weighted by Crippen LogP contribution is -2.42. The van der Waals surface area contributed by atoms with Gasteiger partial charge in [-0.1, -0.05) is 30.3 Å². The standard InChI is InChI=1S/C18H22N4O3/c1-3-25-17(23)16-14-12-22(10-9-15(14)20-21(16)2)18(24)19-11-13-7-5-4-6-8-13/h4-8H,3,9-12H2,1-2H3,(H,19,24). The topological polar surface area (TPSA) is 76.5 Å². The molecule has 1 aromatic carbocycles. The van der Waals surface area contributed by atoms with Crippen LogP contribution in [0.5, 0.6) is 0 Å². The Bertz CT molecular complexity index is 770. The number of nitrogens with zero attached hydrogens (tertiary/aromatic N) is 3. The van der Waals surface area contributed by atoms with Crippen molar-refractivity contribution in [1.82, 2.24) is 20.0 Å². The second kappa shape index (κ2) is 7.38. The number of rotatable bonds is 4. The van der Waals surface area contributed by atoms with E-state index < -0.39 is 5.97 Å². The van der Waals surface area contributed by atoms with Gasteiger partial charge in [-0.2, -0.15) is 5.10 Å². The van der Waals surface area contributed by atoms with E-state index in [4.69, 9.17) is 4.74 Å². The number of benzene rings is 1. The fourth-order valence-corrected chi connectivity index (χ4v) is 3.01. The van der Waals surface area contributed by atoms with E-state index in [1.165, 1.54) is 0 Å². The SMILES string of the molecule is CCOC(=O)c1c2c(nn1C)CCN(C(=O)NCc1ccccc1)C2. The highest BCUT2D eigenvalue weighted by Crippen LogP contribution is 2.22. The molecule has 0 atom stereocenters. The van der Waals surface area contributed by atoms with E-state index in [1.54, 1.807) is 23.6 Å². The summed E-state index contributed by atoms with van der Waals surface area (Å²) >= 11 is 0. The number of fused-ring (bicyclic) bond motifs is 1. The van der Waals surface area contributed by atoms with E-state index in [0.717, 1.165) is 16.8 Å². The second-order valence-electron chi connectivity index (χ2n) is 5.93. The first kappa shape index (κ1) is 17.0. The summed E-state index contributed by atoms with van der Waals surface area (Å²) in [6.07, 6.45) is 0.626. The molecule has 25 heavy (non-hydrogen) atoms. The zero-order valence-corrected chi connectivity index (χ0v) is 14.5. The molecule has 0 fully saturated rings. The quantitative estimate of drug-likeness (QED) is 0.861. The highest BCUT2D eigenvalue weighted by Gasteiger charge is 2.29. The van der Waals surface area contributed by atoms with Crippen LogP contribution in [0.3, 0.4) is 0 Å². The lowest BCUT2D eigenvalue weighted by Gasteiger charge is -2.27. The van der Waals surface area contributed by atoms with Gasteiger partial charge in [0, 0.05) is 32.1 Å². The van der Waals surface area contributed by atoms with Crippen molar-refractivity contribution >= 4 is 12.0 Å². The monoisotopic (exact) mass is 342 g/mol. The first-order valence-corrected chi connectivity index (χ1v) is 8.38. The van der Waals surface area contributed by atoms with Crippen LogP contribution in [0.25, 0.3) is 0 Å². The number of hydrogen-bond donors (Lipinski definition) is 1. The van der Waals surface area contributed by atoms with Crippen LogP contribution in [0.2, 0.25) is 0 Å². The molecule has 2 amide bonds. The van der Waals surface area contributed by atoms with Crippen molar-refractivity contribution < 1.29 is 14.3 Å². The number of aromatic nitrogens is 2. The van der Waals surface area contributed by atoms with Crippen molar-refractivity contribution in [2.45, 2.75) is 26.4 Å². The van der Waals surface area contributed by atoms with Crippen LogP contribution < -0.4 is 5.32 Å². The molecule has 0 unspecified atom stereocenters. The van der Waals surface area contributed by atoms with Gasteiger partial charge >= 0.3 is 12.0 Å². The molecule has 0 saturated heterocycles. The molecule has 7 heteroatoms. The molecular weight excluding hydrogens is 320 g/mol. The molecule has 0 radical (unpaired) electrons. The largest absolute Gasteiger partial charge is 0.461 e. The van der Waals surface area contributed by atoms with Crippen molar-refractivity contribution in [2.75, 3.05) is 13.2 Å². The molecule has 0 saturated carbocycles. The van der Waals surface area contributed by atoms with Crippen molar-refractivity contribution in [3.63, 3.8) is 0 Å². The van der Waals surface area contributed by atoms with Gasteiger partial charge in [0.1, 0.15) is 0 Å². The highest BCUT2D eigenvalue weighted by atomic mass is 16.5. The van der Waals surface area contributed by atoms with E-state index in [9.17, 15) is 9.59 Å². The first-order chi connectivity index (χ1) is 12.1. The lowest BCUT2D eigenvalue weighted by atomic mass is 10.1. The Morgan fingerprint density at radius 2 is 2.04 bits per heavy atom. The molecule has 7 nitrogen and oxygen atoms in total. The summed E-state index contributed by atoms with van der Waals surface area (Å²) in [7, 11) is 1.73. The van der Waals surface area contributed by atoms with E-state index in [1.807, 2.05) is 30.3 Å². The van der Waals surface area contributed by atoms with Gasteiger partial charge in [-0.25, -0.2) is 9.59 Å². The van der Waals surface area contributed by atoms with Gasteiger partial charge < -0.3 is 15.0 Å². The molecule has 2 aromatic rings. The summed E-state index contributed by atoms with van der Waals surface area (Å²) in [4.78, 5) is 26.4. The predicted octanol–water partition coefficient (Wildman–Crippen LogP) is 1.86. The van der Waals surface area contributed by atoms with Gasteiger partial charge in [0.05, 0.1) is 18.8 Å². The Morgan fingerprint density at radius 1 is 1.28 bits per heavy atom. The minimum Gasteiger partial charge on any atom is -0.461 e. The Morgan fingerprint density at radius 3 is 2.76 bits per heavy atom. The van der Waals surface area contributed by atoms with Gasteiger partial charge in [-0.05, 0) is 12.5 Å². The maximum Gasteiger partial charge on any atom is 0.356 e. The van der Waals surface area contributed by atoms with Crippen LogP contribution in [0, 0.1) is 0 Å². The highest BCUT2D eigenvalue weighted by molar-refractivity contribution is 5.90. The van der Waals surface area contributed by atoms with Gasteiger partial charge in [0.2, 0.25) is 0 Å². The third kappa shape index (κ3) is 3.65. The molecule has 3 rings (SSSR count). The molecule has 0 spiro atoms. The fraction of sp³-hybridized carbons (Fsp3) is 0.389. The van der Waals surface area contributed by atoms with Gasteiger partial charge in [-0.15, -0.1) is 0 Å². The van der Waals surface area contributed by atoms with Gasteiger partial charge in [0.25, 0.3) is 0 Å². The lowest BCUT2D eigenvalue weighted by molar-refractivity contribution is 0.0511. The Labute approximate surface area is 146 Å². The third-order valence-electron chi connectivity index (χ3n) is 4.24. The molecule has 1 aromatic heterocycles. The maximum atomic E-state index is 12.5. The Kier molecular flexibility index (Phi) is 5.02. The Balaban J connectivity index is 1.69. The summed E-state index contributed by atoms with van der Waals surface area (Å²) in [5.41, 5.74) is 3.11. The summed E-state index contributed by atoms with van der Waals surface area (Å²) in [5, 5.41) is 7.32. The number of urea groups is 1. The summed E-state index contributed by atoms with van der Waals surface area (Å²) in [6.45, 7) is 3.48. The van der Waals surface area contributed by atoms with Crippen LogP contribution >= 0.6 is 0 Å². The van der Waals surface area contributed by atoms with Crippen molar-refractivity contribution in [2.24, 2.45) is 7.05 Å². The van der Waals surface area contributed by atoms with E-state index in [-0.39, 0.29) is 6.03 Å². The number of ether oxygens (including phenoxy) is 1. The van der Waals surface area contributed by atoms with E-state index in [0.29, 0.717) is 38.4 Å². The average molecular weight is 342 g/mol. The van der Waals surface area contributed by atoms with Crippen LogP contribution in [0.15, 0.2) is 30.3 Å². The van der Waals surface area contributed by atoms with Crippen molar-refractivity contribution in [3.8, 4) is 0 Å². The zero-order valence-electron chi connectivity index (χ0n) is 14.5. The first-order valence-electron chi connectivity index (χ1n) is 8.38. The smallest absolute Gasteiger partial charge is 0.356 e.